The Morgan fingerprint density at radius 2 is 1.71 bits per heavy atom. The van der Waals surface area contributed by atoms with E-state index in [1.807, 2.05) is 0 Å². The van der Waals surface area contributed by atoms with E-state index in [0.717, 1.165) is 6.26 Å². The molecule has 2 N–H and O–H groups in total. The Hall–Kier alpha value is -2.34. The van der Waals surface area contributed by atoms with Crippen LogP contribution in [0.2, 0.25) is 0 Å². The first-order chi connectivity index (χ1) is 9.85. The van der Waals surface area contributed by atoms with Gasteiger partial charge in [-0.2, -0.15) is 0 Å². The van der Waals surface area contributed by atoms with Crippen molar-refractivity contribution >= 4 is 21.4 Å². The first-order valence-electron chi connectivity index (χ1n) is 6.21. The summed E-state index contributed by atoms with van der Waals surface area (Å²) in [5.74, 6) is -0.448. The summed E-state index contributed by atoms with van der Waals surface area (Å²) in [7, 11) is -3.10. The van der Waals surface area contributed by atoms with Crippen LogP contribution in [0.25, 0.3) is 0 Å². The van der Waals surface area contributed by atoms with Crippen LogP contribution in [0.5, 0.6) is 5.75 Å². The number of rotatable bonds is 4. The Morgan fingerprint density at radius 1 is 1.10 bits per heavy atom. The molecule has 21 heavy (non-hydrogen) atoms. The Kier molecular flexibility index (Phi) is 4.28. The number of carbonyl (C=O) groups excluding carboxylic acids is 1. The predicted molar refractivity (Wildman–Crippen MR) is 81.0 cm³/mol. The normalized spacial score (nSPS) is 11.1. The summed E-state index contributed by atoms with van der Waals surface area (Å²) in [4.78, 5) is 12.0. The maximum absolute atomic E-state index is 12.0. The molecule has 1 amide bonds. The van der Waals surface area contributed by atoms with Gasteiger partial charge < -0.3 is 10.4 Å². The van der Waals surface area contributed by atoms with Gasteiger partial charge in [0.25, 0.3) is 5.91 Å². The standard InChI is InChI=1S/C15H15NO4S/c1-21(19,20)10-11-6-8-12(9-7-11)15(18)16-13-4-2-3-5-14(13)17/h2-9,17H,10H2,1H3,(H,16,18). The van der Waals surface area contributed by atoms with Crippen LogP contribution < -0.4 is 5.32 Å². The largest absolute Gasteiger partial charge is 0.506 e. The first-order valence-corrected chi connectivity index (χ1v) is 8.27. The number of anilines is 1. The van der Waals surface area contributed by atoms with Crippen LogP contribution in [-0.2, 0) is 15.6 Å². The second-order valence-electron chi connectivity index (χ2n) is 4.74. The Balaban J connectivity index is 2.12. The summed E-state index contributed by atoms with van der Waals surface area (Å²) < 4.78 is 22.4. The highest BCUT2D eigenvalue weighted by Crippen LogP contribution is 2.22. The van der Waals surface area contributed by atoms with Gasteiger partial charge in [0.05, 0.1) is 11.4 Å². The first kappa shape index (κ1) is 15.1. The lowest BCUT2D eigenvalue weighted by molar-refractivity contribution is 0.102. The lowest BCUT2D eigenvalue weighted by atomic mass is 10.1. The van der Waals surface area contributed by atoms with Crippen molar-refractivity contribution in [2.75, 3.05) is 11.6 Å². The van der Waals surface area contributed by atoms with Crippen molar-refractivity contribution in [1.29, 1.82) is 0 Å². The lowest BCUT2D eigenvalue weighted by Crippen LogP contribution is -2.12. The van der Waals surface area contributed by atoms with E-state index < -0.39 is 9.84 Å². The zero-order valence-corrected chi connectivity index (χ0v) is 12.2. The van der Waals surface area contributed by atoms with Gasteiger partial charge in [-0.15, -0.1) is 0 Å². The van der Waals surface area contributed by atoms with Crippen molar-refractivity contribution in [3.8, 4) is 5.75 Å². The highest BCUT2D eigenvalue weighted by atomic mass is 32.2. The van der Waals surface area contributed by atoms with E-state index in [-0.39, 0.29) is 17.4 Å². The fourth-order valence-electron chi connectivity index (χ4n) is 1.83. The van der Waals surface area contributed by atoms with Gasteiger partial charge in [0.2, 0.25) is 0 Å². The molecule has 2 aromatic carbocycles. The molecule has 2 aromatic rings. The predicted octanol–water partition coefficient (Wildman–Crippen LogP) is 2.19. The summed E-state index contributed by atoms with van der Waals surface area (Å²) in [5, 5.41) is 12.2. The fourth-order valence-corrected chi connectivity index (χ4v) is 2.63. The maximum Gasteiger partial charge on any atom is 0.255 e. The molecule has 0 aromatic heterocycles. The van der Waals surface area contributed by atoms with Crippen molar-refractivity contribution in [3.63, 3.8) is 0 Å². The molecule has 0 saturated carbocycles. The number of sulfone groups is 1. The third-order valence-electron chi connectivity index (χ3n) is 2.80. The van der Waals surface area contributed by atoms with E-state index in [0.29, 0.717) is 16.8 Å². The van der Waals surface area contributed by atoms with Gasteiger partial charge >= 0.3 is 0 Å². The molecular weight excluding hydrogens is 290 g/mol. The summed E-state index contributed by atoms with van der Waals surface area (Å²) >= 11 is 0. The average molecular weight is 305 g/mol. The van der Waals surface area contributed by atoms with E-state index in [4.69, 9.17) is 0 Å². The molecule has 0 aliphatic heterocycles. The number of phenolic OH excluding ortho intramolecular Hbond substituents is 1. The maximum atomic E-state index is 12.0. The Morgan fingerprint density at radius 3 is 2.29 bits per heavy atom. The van der Waals surface area contributed by atoms with Crippen LogP contribution in [0.1, 0.15) is 15.9 Å². The topological polar surface area (TPSA) is 83.5 Å². The molecule has 5 nitrogen and oxygen atoms in total. The number of para-hydroxylation sites is 2. The van der Waals surface area contributed by atoms with E-state index in [1.165, 1.54) is 6.07 Å². The number of amides is 1. The molecule has 0 saturated heterocycles. The minimum absolute atomic E-state index is 0.0143. The van der Waals surface area contributed by atoms with Crippen LogP contribution >= 0.6 is 0 Å². The minimum Gasteiger partial charge on any atom is -0.506 e. The van der Waals surface area contributed by atoms with E-state index >= 15 is 0 Å². The minimum atomic E-state index is -3.10. The number of phenols is 1. The monoisotopic (exact) mass is 305 g/mol. The van der Waals surface area contributed by atoms with Gasteiger partial charge in [0, 0.05) is 11.8 Å². The molecule has 0 heterocycles. The van der Waals surface area contributed by atoms with Crippen LogP contribution in [0.15, 0.2) is 48.5 Å². The second-order valence-corrected chi connectivity index (χ2v) is 6.88. The van der Waals surface area contributed by atoms with Gasteiger partial charge in [-0.3, -0.25) is 4.79 Å². The molecule has 0 unspecified atom stereocenters. The summed E-state index contributed by atoms with van der Waals surface area (Å²) in [6, 6.07) is 12.7. The molecule has 0 radical (unpaired) electrons. The van der Waals surface area contributed by atoms with Crippen LogP contribution in [0.3, 0.4) is 0 Å². The van der Waals surface area contributed by atoms with Crippen molar-refractivity contribution in [2.45, 2.75) is 5.75 Å². The molecule has 110 valence electrons. The highest BCUT2D eigenvalue weighted by molar-refractivity contribution is 7.89. The third-order valence-corrected chi connectivity index (χ3v) is 3.65. The average Bonchev–Trinajstić information content (AvgIpc) is 2.40. The van der Waals surface area contributed by atoms with Crippen molar-refractivity contribution < 1.29 is 18.3 Å². The number of benzene rings is 2. The van der Waals surface area contributed by atoms with E-state index in [1.54, 1.807) is 42.5 Å². The van der Waals surface area contributed by atoms with Gasteiger partial charge in [-0.05, 0) is 29.8 Å². The number of hydrogen-bond acceptors (Lipinski definition) is 4. The van der Waals surface area contributed by atoms with Gasteiger partial charge in [0.1, 0.15) is 5.75 Å². The van der Waals surface area contributed by atoms with Crippen molar-refractivity contribution in [3.05, 3.63) is 59.7 Å². The van der Waals surface area contributed by atoms with Gasteiger partial charge in [0.15, 0.2) is 9.84 Å². The van der Waals surface area contributed by atoms with Crippen molar-refractivity contribution in [2.24, 2.45) is 0 Å². The third kappa shape index (κ3) is 4.32. The summed E-state index contributed by atoms with van der Waals surface area (Å²) in [6.07, 6.45) is 1.16. The molecule has 6 heteroatoms. The lowest BCUT2D eigenvalue weighted by Gasteiger charge is -2.07. The van der Waals surface area contributed by atoms with Crippen molar-refractivity contribution in [1.82, 2.24) is 0 Å². The van der Waals surface area contributed by atoms with E-state index in [2.05, 4.69) is 5.32 Å². The molecule has 0 aliphatic carbocycles. The quantitative estimate of drug-likeness (QED) is 0.848. The smallest absolute Gasteiger partial charge is 0.255 e. The summed E-state index contributed by atoms with van der Waals surface area (Å²) in [5.41, 5.74) is 1.33. The summed E-state index contributed by atoms with van der Waals surface area (Å²) in [6.45, 7) is 0. The van der Waals surface area contributed by atoms with Crippen LogP contribution in [-0.4, -0.2) is 25.7 Å². The molecule has 2 rings (SSSR count). The van der Waals surface area contributed by atoms with Gasteiger partial charge in [-0.25, -0.2) is 8.42 Å². The Labute approximate surface area is 123 Å². The van der Waals surface area contributed by atoms with Gasteiger partial charge in [-0.1, -0.05) is 24.3 Å². The SMILES string of the molecule is CS(=O)(=O)Cc1ccc(C(=O)Nc2ccccc2O)cc1. The van der Waals surface area contributed by atoms with Crippen LogP contribution in [0, 0.1) is 0 Å². The zero-order valence-electron chi connectivity index (χ0n) is 11.4. The number of aromatic hydroxyl groups is 1. The molecule has 0 spiro atoms. The fraction of sp³-hybridized carbons (Fsp3) is 0.133. The van der Waals surface area contributed by atoms with Crippen LogP contribution in [0.4, 0.5) is 5.69 Å². The van der Waals surface area contributed by atoms with E-state index in [9.17, 15) is 18.3 Å². The Bertz CT molecular complexity index is 751. The molecular formula is C15H15NO4S. The molecule has 0 atom stereocenters. The molecule has 0 aliphatic rings. The number of hydrogen-bond donors (Lipinski definition) is 2. The highest BCUT2D eigenvalue weighted by Gasteiger charge is 2.09. The molecule has 0 fully saturated rings. The second kappa shape index (κ2) is 5.97. The number of nitrogens with one attached hydrogen (secondary N) is 1. The molecule has 0 bridgehead atoms. The number of carbonyl (C=O) groups is 1. The zero-order chi connectivity index (χ0) is 15.5.